The molecule has 32 heavy (non-hydrogen) atoms. The summed E-state index contributed by atoms with van der Waals surface area (Å²) in [4.78, 5) is 15.3. The van der Waals surface area contributed by atoms with E-state index in [1.807, 2.05) is 71.6 Å². The van der Waals surface area contributed by atoms with Crippen molar-refractivity contribution in [3.8, 4) is 11.5 Å². The molecule has 0 unspecified atom stereocenters. The van der Waals surface area contributed by atoms with Gasteiger partial charge in [-0.25, -0.2) is 15.0 Å². The number of nitrogens with two attached hydrogens (primary N) is 1. The fourth-order valence-corrected chi connectivity index (χ4v) is 3.28. The number of anilines is 5. The van der Waals surface area contributed by atoms with Crippen LogP contribution in [0.5, 0.6) is 11.5 Å². The molecule has 0 aliphatic carbocycles. The Morgan fingerprint density at radius 1 is 0.906 bits per heavy atom. The third-order valence-corrected chi connectivity index (χ3v) is 4.89. The number of nitrogens with zero attached hydrogens (tertiary/aromatic N) is 4. The minimum absolute atomic E-state index is 0.388. The molecule has 0 aliphatic rings. The smallest absolute Gasteiger partial charge is 0.163 e. The van der Waals surface area contributed by atoms with Crippen molar-refractivity contribution in [2.45, 2.75) is 6.54 Å². The van der Waals surface area contributed by atoms with Crippen molar-refractivity contribution < 1.29 is 9.47 Å². The van der Waals surface area contributed by atoms with E-state index in [0.717, 1.165) is 11.4 Å². The van der Waals surface area contributed by atoms with E-state index < -0.39 is 0 Å². The predicted molar refractivity (Wildman–Crippen MR) is 126 cm³/mol. The average molecular weight is 428 g/mol. The molecule has 0 radical (unpaired) electrons. The fourth-order valence-electron chi connectivity index (χ4n) is 3.28. The van der Waals surface area contributed by atoms with Gasteiger partial charge in [-0.1, -0.05) is 36.4 Å². The first-order valence-corrected chi connectivity index (χ1v) is 10.0. The number of methoxy groups -OCH3 is 2. The Balaban J connectivity index is 1.74. The largest absolute Gasteiger partial charge is 0.497 e. The average Bonchev–Trinajstić information content (AvgIpc) is 2.85. The van der Waals surface area contributed by atoms with E-state index in [9.17, 15) is 0 Å². The summed E-state index contributed by atoms with van der Waals surface area (Å²) in [5, 5.41) is 3.25. The third kappa shape index (κ3) is 4.54. The molecule has 3 N–H and O–H groups in total. The Labute approximate surface area is 186 Å². The van der Waals surface area contributed by atoms with Gasteiger partial charge in [0.05, 0.1) is 26.5 Å². The van der Waals surface area contributed by atoms with E-state index >= 15 is 0 Å². The number of aromatic nitrogens is 3. The van der Waals surface area contributed by atoms with E-state index in [1.165, 1.54) is 6.33 Å². The van der Waals surface area contributed by atoms with Crippen molar-refractivity contribution >= 4 is 28.8 Å². The lowest BCUT2D eigenvalue weighted by Crippen LogP contribution is -2.21. The van der Waals surface area contributed by atoms with E-state index in [-0.39, 0.29) is 0 Å². The molecule has 8 heteroatoms. The maximum Gasteiger partial charge on any atom is 0.163 e. The fraction of sp³-hybridized carbons (Fsp3) is 0.125. The number of hydrogen-bond donors (Lipinski definition) is 2. The lowest BCUT2D eigenvalue weighted by atomic mass is 10.2. The summed E-state index contributed by atoms with van der Waals surface area (Å²) in [5.74, 6) is 3.05. The molecule has 2 heterocycles. The highest BCUT2D eigenvalue weighted by Gasteiger charge is 2.19. The summed E-state index contributed by atoms with van der Waals surface area (Å²) in [6.45, 7) is 0.543. The number of hydrogen-bond acceptors (Lipinski definition) is 8. The Morgan fingerprint density at radius 2 is 1.72 bits per heavy atom. The van der Waals surface area contributed by atoms with Crippen LogP contribution in [0, 0.1) is 0 Å². The van der Waals surface area contributed by atoms with Gasteiger partial charge in [0.1, 0.15) is 29.3 Å². The second kappa shape index (κ2) is 9.65. The van der Waals surface area contributed by atoms with Gasteiger partial charge in [-0.05, 0) is 29.8 Å². The van der Waals surface area contributed by atoms with E-state index in [1.54, 1.807) is 20.4 Å². The predicted octanol–water partition coefficient (Wildman–Crippen LogP) is 4.55. The molecule has 0 spiro atoms. The van der Waals surface area contributed by atoms with Crippen LogP contribution in [-0.4, -0.2) is 29.2 Å². The summed E-state index contributed by atoms with van der Waals surface area (Å²) in [6, 6.07) is 21.3. The summed E-state index contributed by atoms with van der Waals surface area (Å²) < 4.78 is 10.8. The first-order valence-electron chi connectivity index (χ1n) is 10.0. The van der Waals surface area contributed by atoms with Gasteiger partial charge in [0.25, 0.3) is 0 Å². The van der Waals surface area contributed by atoms with E-state index in [4.69, 9.17) is 15.2 Å². The molecule has 0 fully saturated rings. The van der Waals surface area contributed by atoms with Crippen LogP contribution >= 0.6 is 0 Å². The quantitative estimate of drug-likeness (QED) is 0.422. The molecular formula is C24H24N6O2. The normalized spacial score (nSPS) is 10.4. The van der Waals surface area contributed by atoms with Crippen LogP contribution in [0.15, 0.2) is 79.3 Å². The van der Waals surface area contributed by atoms with Gasteiger partial charge in [0.15, 0.2) is 11.6 Å². The lowest BCUT2D eigenvalue weighted by Gasteiger charge is -2.25. The summed E-state index contributed by atoms with van der Waals surface area (Å²) >= 11 is 0. The van der Waals surface area contributed by atoms with Gasteiger partial charge in [0.2, 0.25) is 0 Å². The third-order valence-electron chi connectivity index (χ3n) is 4.89. The number of rotatable bonds is 8. The van der Waals surface area contributed by atoms with Crippen LogP contribution in [-0.2, 0) is 6.54 Å². The van der Waals surface area contributed by atoms with Crippen LogP contribution in [0.1, 0.15) is 5.56 Å². The van der Waals surface area contributed by atoms with Crippen molar-refractivity contribution in [3.05, 3.63) is 84.8 Å². The zero-order chi connectivity index (χ0) is 22.3. The maximum absolute atomic E-state index is 6.56. The van der Waals surface area contributed by atoms with Crippen LogP contribution in [0.3, 0.4) is 0 Å². The second-order valence-corrected chi connectivity index (χ2v) is 6.91. The van der Waals surface area contributed by atoms with E-state index in [2.05, 4.69) is 20.3 Å². The van der Waals surface area contributed by atoms with Gasteiger partial charge in [-0.2, -0.15) is 0 Å². The maximum atomic E-state index is 6.56. The van der Waals surface area contributed by atoms with Crippen LogP contribution in [0.4, 0.5) is 28.8 Å². The number of ether oxygens (including phenoxy) is 2. The Kier molecular flexibility index (Phi) is 6.31. The topological polar surface area (TPSA) is 98.4 Å². The number of nitrogens with one attached hydrogen (secondary N) is 1. The molecule has 0 bridgehead atoms. The van der Waals surface area contributed by atoms with Crippen LogP contribution in [0.2, 0.25) is 0 Å². The molecule has 0 aliphatic heterocycles. The summed E-state index contributed by atoms with van der Waals surface area (Å²) in [5.41, 5.74) is 8.72. The molecule has 162 valence electrons. The molecule has 0 amide bonds. The highest BCUT2D eigenvalue weighted by molar-refractivity contribution is 5.82. The molecule has 2 aromatic heterocycles. The van der Waals surface area contributed by atoms with Gasteiger partial charge in [0, 0.05) is 12.3 Å². The molecule has 0 saturated heterocycles. The molecular weight excluding hydrogens is 404 g/mol. The van der Waals surface area contributed by atoms with Crippen LogP contribution in [0.25, 0.3) is 0 Å². The highest BCUT2D eigenvalue weighted by atomic mass is 16.5. The van der Waals surface area contributed by atoms with Gasteiger partial charge < -0.3 is 25.4 Å². The van der Waals surface area contributed by atoms with Crippen molar-refractivity contribution in [2.75, 3.05) is 30.2 Å². The Morgan fingerprint density at radius 3 is 2.44 bits per heavy atom. The monoisotopic (exact) mass is 428 g/mol. The van der Waals surface area contributed by atoms with E-state index in [0.29, 0.717) is 41.1 Å². The molecule has 0 atom stereocenters. The Hall–Kier alpha value is -4.33. The van der Waals surface area contributed by atoms with Crippen molar-refractivity contribution in [1.82, 2.24) is 15.0 Å². The zero-order valence-electron chi connectivity index (χ0n) is 17.9. The summed E-state index contributed by atoms with van der Waals surface area (Å²) in [6.07, 6.45) is 3.21. The van der Waals surface area contributed by atoms with Crippen LogP contribution < -0.4 is 25.4 Å². The zero-order valence-corrected chi connectivity index (χ0v) is 17.9. The molecule has 4 aromatic rings. The number of nitrogen functional groups attached to an aromatic ring is 1. The Bertz CT molecular complexity index is 1170. The molecule has 8 nitrogen and oxygen atoms in total. The molecule has 4 rings (SSSR count). The molecule has 0 saturated carbocycles. The molecule has 2 aromatic carbocycles. The minimum atomic E-state index is 0.388. The van der Waals surface area contributed by atoms with Crippen molar-refractivity contribution in [2.24, 2.45) is 0 Å². The second-order valence-electron chi connectivity index (χ2n) is 6.91. The summed E-state index contributed by atoms with van der Waals surface area (Å²) in [7, 11) is 3.21. The van der Waals surface area contributed by atoms with Gasteiger partial charge in [-0.15, -0.1) is 0 Å². The SMILES string of the molecule is COc1ccc(OC)c(Nc2ncnc(N(Cc3ccccc3)c3ccccn3)c2N)c1. The van der Waals surface area contributed by atoms with Crippen molar-refractivity contribution in [3.63, 3.8) is 0 Å². The minimum Gasteiger partial charge on any atom is -0.497 e. The lowest BCUT2D eigenvalue weighted by molar-refractivity contribution is 0.405. The van der Waals surface area contributed by atoms with Gasteiger partial charge >= 0.3 is 0 Å². The first-order chi connectivity index (χ1) is 15.7. The van der Waals surface area contributed by atoms with Crippen molar-refractivity contribution in [1.29, 1.82) is 0 Å². The van der Waals surface area contributed by atoms with Gasteiger partial charge in [-0.3, -0.25) is 0 Å². The number of benzene rings is 2. The number of pyridine rings is 1. The highest BCUT2D eigenvalue weighted by Crippen LogP contribution is 2.36. The standard InChI is InChI=1S/C24H24N6O2/c1-31-18-11-12-20(32-2)19(14-18)29-23-22(25)24(28-16-27-23)30(21-10-6-7-13-26-21)15-17-8-4-3-5-9-17/h3-14,16H,15,25H2,1-2H3,(H,27,28,29). The first kappa shape index (κ1) is 20.9.